The molecule has 0 aliphatic carbocycles. The van der Waals surface area contributed by atoms with Gasteiger partial charge < -0.3 is 5.32 Å². The van der Waals surface area contributed by atoms with Crippen molar-refractivity contribution in [1.82, 2.24) is 0 Å². The lowest BCUT2D eigenvalue weighted by Gasteiger charge is -2.19. The van der Waals surface area contributed by atoms with Gasteiger partial charge in [0.2, 0.25) is 0 Å². The predicted molar refractivity (Wildman–Crippen MR) is 92.6 cm³/mol. The molecule has 3 rings (SSSR count). The largest absolute Gasteiger partial charge is 0.377 e. The molecule has 0 aliphatic rings. The zero-order valence-electron chi connectivity index (χ0n) is 11.3. The molecule has 1 N–H and O–H groups in total. The van der Waals surface area contributed by atoms with Gasteiger partial charge in [-0.05, 0) is 35.4 Å². The monoisotopic (exact) mass is 345 g/mol. The molecule has 3 heteroatoms. The third kappa shape index (κ3) is 2.60. The highest BCUT2D eigenvalue weighted by Gasteiger charge is 2.12. The SMILES string of the molecule is CCC(Nc1ccc(Br)c2ccccc12)c1cccs1. The van der Waals surface area contributed by atoms with Crippen molar-refractivity contribution in [2.24, 2.45) is 0 Å². The van der Waals surface area contributed by atoms with Crippen LogP contribution in [-0.2, 0) is 0 Å². The van der Waals surface area contributed by atoms with Crippen LogP contribution in [0.2, 0.25) is 0 Å². The van der Waals surface area contributed by atoms with Gasteiger partial charge >= 0.3 is 0 Å². The zero-order valence-corrected chi connectivity index (χ0v) is 13.7. The molecule has 0 spiro atoms. The number of nitrogens with one attached hydrogen (secondary N) is 1. The van der Waals surface area contributed by atoms with E-state index < -0.39 is 0 Å². The van der Waals surface area contributed by atoms with Gasteiger partial charge in [0.15, 0.2) is 0 Å². The summed E-state index contributed by atoms with van der Waals surface area (Å²) in [4.78, 5) is 1.39. The number of hydrogen-bond donors (Lipinski definition) is 1. The molecule has 1 unspecified atom stereocenters. The van der Waals surface area contributed by atoms with Crippen molar-refractivity contribution >= 4 is 43.7 Å². The zero-order chi connectivity index (χ0) is 13.9. The molecule has 1 nitrogen and oxygen atoms in total. The minimum atomic E-state index is 0.375. The molecule has 3 aromatic rings. The van der Waals surface area contributed by atoms with Crippen LogP contribution in [0, 0.1) is 0 Å². The van der Waals surface area contributed by atoms with Gasteiger partial charge in [-0.15, -0.1) is 11.3 Å². The Bertz CT molecular complexity index is 706. The number of halogens is 1. The Morgan fingerprint density at radius 2 is 1.85 bits per heavy atom. The first kappa shape index (κ1) is 13.7. The minimum Gasteiger partial charge on any atom is -0.377 e. The van der Waals surface area contributed by atoms with E-state index in [1.807, 2.05) is 11.3 Å². The molecule has 0 fully saturated rings. The first-order valence-electron chi connectivity index (χ1n) is 6.76. The lowest BCUT2D eigenvalue weighted by atomic mass is 10.1. The van der Waals surface area contributed by atoms with E-state index in [0.717, 1.165) is 10.9 Å². The Morgan fingerprint density at radius 3 is 2.55 bits per heavy atom. The van der Waals surface area contributed by atoms with Crippen LogP contribution in [0.4, 0.5) is 5.69 Å². The van der Waals surface area contributed by atoms with Gasteiger partial charge in [0.05, 0.1) is 6.04 Å². The molecular formula is C17H16BrNS. The first-order valence-corrected chi connectivity index (χ1v) is 8.44. The number of thiophene rings is 1. The van der Waals surface area contributed by atoms with Crippen molar-refractivity contribution in [3.63, 3.8) is 0 Å². The highest BCUT2D eigenvalue weighted by atomic mass is 79.9. The fraction of sp³-hybridized carbons (Fsp3) is 0.176. The normalized spacial score (nSPS) is 12.5. The molecule has 2 aromatic carbocycles. The van der Waals surface area contributed by atoms with Crippen molar-refractivity contribution < 1.29 is 0 Å². The van der Waals surface area contributed by atoms with E-state index in [1.165, 1.54) is 21.3 Å². The van der Waals surface area contributed by atoms with Crippen molar-refractivity contribution in [3.8, 4) is 0 Å². The third-order valence-electron chi connectivity index (χ3n) is 3.50. The highest BCUT2D eigenvalue weighted by molar-refractivity contribution is 9.10. The van der Waals surface area contributed by atoms with Gasteiger partial charge in [-0.2, -0.15) is 0 Å². The molecule has 1 aromatic heterocycles. The van der Waals surface area contributed by atoms with E-state index >= 15 is 0 Å². The summed E-state index contributed by atoms with van der Waals surface area (Å²) in [6.45, 7) is 2.22. The summed E-state index contributed by atoms with van der Waals surface area (Å²) in [5, 5.41) is 8.34. The van der Waals surface area contributed by atoms with Crippen molar-refractivity contribution in [1.29, 1.82) is 0 Å². The summed E-state index contributed by atoms with van der Waals surface area (Å²) < 4.78 is 1.14. The van der Waals surface area contributed by atoms with Crippen LogP contribution in [0.3, 0.4) is 0 Å². The number of anilines is 1. The summed E-state index contributed by atoms with van der Waals surface area (Å²) in [7, 11) is 0. The second-order valence-electron chi connectivity index (χ2n) is 4.76. The van der Waals surface area contributed by atoms with E-state index in [2.05, 4.69) is 82.1 Å². The van der Waals surface area contributed by atoms with E-state index in [1.54, 1.807) is 0 Å². The topological polar surface area (TPSA) is 12.0 Å². The quantitative estimate of drug-likeness (QED) is 0.591. The van der Waals surface area contributed by atoms with Crippen LogP contribution in [0.25, 0.3) is 10.8 Å². The Hall–Kier alpha value is -1.32. The van der Waals surface area contributed by atoms with E-state index in [9.17, 15) is 0 Å². The standard InChI is InChI=1S/C17H16BrNS/c1-2-15(17-8-5-11-20-17)19-16-10-9-14(18)12-6-3-4-7-13(12)16/h3-11,15,19H,2H2,1H3. The second kappa shape index (κ2) is 5.98. The van der Waals surface area contributed by atoms with E-state index in [4.69, 9.17) is 0 Å². The summed E-state index contributed by atoms with van der Waals surface area (Å²) in [5.74, 6) is 0. The van der Waals surface area contributed by atoms with Gasteiger partial charge in [-0.1, -0.05) is 53.2 Å². The summed E-state index contributed by atoms with van der Waals surface area (Å²) in [6, 6.07) is 17.4. The van der Waals surface area contributed by atoms with Crippen LogP contribution in [-0.4, -0.2) is 0 Å². The fourth-order valence-corrected chi connectivity index (χ4v) is 3.78. The molecule has 0 aliphatic heterocycles. The maximum Gasteiger partial charge on any atom is 0.0604 e. The molecule has 1 atom stereocenters. The summed E-state index contributed by atoms with van der Waals surface area (Å²) in [5.41, 5.74) is 1.20. The fourth-order valence-electron chi connectivity index (χ4n) is 2.44. The Balaban J connectivity index is 2.00. The van der Waals surface area contributed by atoms with Crippen LogP contribution < -0.4 is 5.32 Å². The molecule has 0 radical (unpaired) electrons. The highest BCUT2D eigenvalue weighted by Crippen LogP contribution is 2.33. The average Bonchev–Trinajstić information content (AvgIpc) is 3.01. The number of benzene rings is 2. The first-order chi connectivity index (χ1) is 9.79. The molecule has 0 saturated carbocycles. The van der Waals surface area contributed by atoms with Crippen LogP contribution in [0.15, 0.2) is 58.4 Å². The van der Waals surface area contributed by atoms with Gasteiger partial charge in [0, 0.05) is 20.4 Å². The van der Waals surface area contributed by atoms with Crippen molar-refractivity contribution in [2.75, 3.05) is 5.32 Å². The Kier molecular flexibility index (Phi) is 4.08. The van der Waals surface area contributed by atoms with Crippen LogP contribution >= 0.6 is 27.3 Å². The van der Waals surface area contributed by atoms with Gasteiger partial charge in [-0.25, -0.2) is 0 Å². The summed E-state index contributed by atoms with van der Waals surface area (Å²) in [6.07, 6.45) is 1.07. The minimum absolute atomic E-state index is 0.375. The van der Waals surface area contributed by atoms with E-state index in [-0.39, 0.29) is 0 Å². The van der Waals surface area contributed by atoms with Crippen LogP contribution in [0.1, 0.15) is 24.3 Å². The third-order valence-corrected chi connectivity index (χ3v) is 5.17. The lowest BCUT2D eigenvalue weighted by Crippen LogP contribution is -2.08. The molecule has 1 heterocycles. The maximum absolute atomic E-state index is 3.69. The lowest BCUT2D eigenvalue weighted by molar-refractivity contribution is 0.765. The second-order valence-corrected chi connectivity index (χ2v) is 6.59. The molecule has 0 saturated heterocycles. The van der Waals surface area contributed by atoms with Gasteiger partial charge in [0.1, 0.15) is 0 Å². The van der Waals surface area contributed by atoms with Gasteiger partial charge in [-0.3, -0.25) is 0 Å². The molecule has 102 valence electrons. The number of fused-ring (bicyclic) bond motifs is 1. The Morgan fingerprint density at radius 1 is 1.05 bits per heavy atom. The molecule has 20 heavy (non-hydrogen) atoms. The van der Waals surface area contributed by atoms with Crippen LogP contribution in [0.5, 0.6) is 0 Å². The summed E-state index contributed by atoms with van der Waals surface area (Å²) >= 11 is 5.44. The Labute approximate surface area is 131 Å². The molecule has 0 bridgehead atoms. The molecular weight excluding hydrogens is 330 g/mol. The van der Waals surface area contributed by atoms with Crippen molar-refractivity contribution in [2.45, 2.75) is 19.4 Å². The maximum atomic E-state index is 3.69. The average molecular weight is 346 g/mol. The smallest absolute Gasteiger partial charge is 0.0604 e. The molecule has 0 amide bonds. The van der Waals surface area contributed by atoms with Crippen molar-refractivity contribution in [3.05, 3.63) is 63.3 Å². The number of hydrogen-bond acceptors (Lipinski definition) is 2. The number of rotatable bonds is 4. The predicted octanol–water partition coefficient (Wildman–Crippen LogP) is 6.23. The van der Waals surface area contributed by atoms with E-state index in [0.29, 0.717) is 6.04 Å². The van der Waals surface area contributed by atoms with Gasteiger partial charge in [0.25, 0.3) is 0 Å².